The van der Waals surface area contributed by atoms with Crippen molar-refractivity contribution in [1.29, 1.82) is 0 Å². The number of benzene rings is 3. The Morgan fingerprint density at radius 1 is 0.704 bits per heavy atom. The van der Waals surface area contributed by atoms with Crippen molar-refractivity contribution in [2.24, 2.45) is 4.99 Å². The summed E-state index contributed by atoms with van der Waals surface area (Å²) < 4.78 is 0. The Balaban J connectivity index is 1.79. The van der Waals surface area contributed by atoms with Crippen molar-refractivity contribution < 1.29 is 0 Å². The van der Waals surface area contributed by atoms with E-state index in [4.69, 9.17) is 4.99 Å². The highest BCUT2D eigenvalue weighted by atomic mass is 32.1. The average molecular weight is 368 g/mol. The molecule has 3 aromatic carbocycles. The van der Waals surface area contributed by atoms with Gasteiger partial charge >= 0.3 is 0 Å². The zero-order chi connectivity index (χ0) is 18.3. The first-order chi connectivity index (χ1) is 13.4. The third-order valence-electron chi connectivity index (χ3n) is 4.54. The van der Waals surface area contributed by atoms with Gasteiger partial charge in [-0.2, -0.15) is 0 Å². The molecule has 1 nitrogen and oxygen atoms in total. The van der Waals surface area contributed by atoms with Gasteiger partial charge in [0.15, 0.2) is 0 Å². The van der Waals surface area contributed by atoms with Gasteiger partial charge in [0.25, 0.3) is 0 Å². The molecule has 0 amide bonds. The highest BCUT2D eigenvalue weighted by molar-refractivity contribution is 7.12. The smallest absolute Gasteiger partial charge is 0.0826 e. The van der Waals surface area contributed by atoms with E-state index in [2.05, 4.69) is 102 Å². The molecule has 4 rings (SSSR count). The minimum Gasteiger partial charge on any atom is -0.275 e. The summed E-state index contributed by atoms with van der Waals surface area (Å²) in [5.41, 5.74) is 4.77. The lowest BCUT2D eigenvalue weighted by Crippen LogP contribution is -2.08. The van der Waals surface area contributed by atoms with Gasteiger partial charge in [0.2, 0.25) is 0 Å². The van der Waals surface area contributed by atoms with Crippen molar-refractivity contribution >= 4 is 17.0 Å². The molecule has 132 valence electrons. The molecule has 0 saturated carbocycles. The molecule has 0 N–H and O–H groups in total. The maximum absolute atomic E-state index is 5.28. The van der Waals surface area contributed by atoms with E-state index in [0.717, 1.165) is 17.7 Å². The summed E-state index contributed by atoms with van der Waals surface area (Å²) in [6.45, 7) is 0. The summed E-state index contributed by atoms with van der Waals surface area (Å²) >= 11 is 1.74. The van der Waals surface area contributed by atoms with Crippen LogP contribution in [0.1, 0.15) is 27.6 Å². The summed E-state index contributed by atoms with van der Waals surface area (Å²) in [7, 11) is 0. The van der Waals surface area contributed by atoms with Gasteiger partial charge < -0.3 is 0 Å². The molecule has 4 aromatic rings. The number of rotatable bonds is 6. The zero-order valence-corrected chi connectivity index (χ0v) is 15.8. The Morgan fingerprint density at radius 2 is 1.33 bits per heavy atom. The van der Waals surface area contributed by atoms with Crippen LogP contribution in [0.15, 0.2) is 114 Å². The molecule has 2 heteroatoms. The van der Waals surface area contributed by atoms with Crippen LogP contribution >= 0.6 is 11.3 Å². The predicted octanol–water partition coefficient (Wildman–Crippen LogP) is 6.57. The molecule has 0 saturated heterocycles. The van der Waals surface area contributed by atoms with E-state index >= 15 is 0 Å². The first-order valence-electron chi connectivity index (χ1n) is 9.16. The van der Waals surface area contributed by atoms with E-state index in [1.165, 1.54) is 16.0 Å². The van der Waals surface area contributed by atoms with Crippen LogP contribution in [0.2, 0.25) is 0 Å². The molecule has 1 atom stereocenters. The van der Waals surface area contributed by atoms with Crippen LogP contribution in [0, 0.1) is 0 Å². The SMILES string of the molecule is c1ccc(CC(N=C(c2ccccc2)c2cccs2)c2ccccc2)cc1. The van der Waals surface area contributed by atoms with Gasteiger partial charge in [0, 0.05) is 5.56 Å². The molecule has 1 heterocycles. The highest BCUT2D eigenvalue weighted by Crippen LogP contribution is 2.26. The monoisotopic (exact) mass is 367 g/mol. The third kappa shape index (κ3) is 4.42. The third-order valence-corrected chi connectivity index (χ3v) is 5.42. The first kappa shape index (κ1) is 17.4. The van der Waals surface area contributed by atoms with E-state index in [1.54, 1.807) is 11.3 Å². The summed E-state index contributed by atoms with van der Waals surface area (Å²) in [6.07, 6.45) is 0.882. The fourth-order valence-electron chi connectivity index (χ4n) is 3.20. The number of aliphatic imine (C=N–C) groups is 1. The second kappa shape index (κ2) is 8.61. The van der Waals surface area contributed by atoms with Gasteiger partial charge in [0.1, 0.15) is 0 Å². The Kier molecular flexibility index (Phi) is 5.56. The summed E-state index contributed by atoms with van der Waals surface area (Å²) in [5.74, 6) is 0. The second-order valence-electron chi connectivity index (χ2n) is 6.44. The molecule has 27 heavy (non-hydrogen) atoms. The second-order valence-corrected chi connectivity index (χ2v) is 7.38. The molecule has 0 bridgehead atoms. The Hall–Kier alpha value is -2.97. The van der Waals surface area contributed by atoms with E-state index in [1.807, 2.05) is 6.07 Å². The molecule has 1 unspecified atom stereocenters. The molecule has 0 aliphatic rings. The van der Waals surface area contributed by atoms with E-state index < -0.39 is 0 Å². The number of hydrogen-bond donors (Lipinski definition) is 0. The molecule has 1 aromatic heterocycles. The number of hydrogen-bond acceptors (Lipinski definition) is 2. The van der Waals surface area contributed by atoms with Crippen molar-refractivity contribution in [2.45, 2.75) is 12.5 Å². The summed E-state index contributed by atoms with van der Waals surface area (Å²) in [6, 6.07) is 36.0. The number of nitrogens with zero attached hydrogens (tertiary/aromatic N) is 1. The van der Waals surface area contributed by atoms with Crippen LogP contribution in [0.25, 0.3) is 0 Å². The fourth-order valence-corrected chi connectivity index (χ4v) is 3.94. The Labute approximate surface area is 164 Å². The van der Waals surface area contributed by atoms with Crippen molar-refractivity contribution in [3.05, 3.63) is 130 Å². The Bertz CT molecular complexity index is 974. The largest absolute Gasteiger partial charge is 0.275 e. The lowest BCUT2D eigenvalue weighted by Gasteiger charge is -2.16. The van der Waals surface area contributed by atoms with Crippen molar-refractivity contribution in [1.82, 2.24) is 0 Å². The van der Waals surface area contributed by atoms with Crippen LogP contribution in [0.3, 0.4) is 0 Å². The summed E-state index contributed by atoms with van der Waals surface area (Å²) in [4.78, 5) is 6.49. The lowest BCUT2D eigenvalue weighted by atomic mass is 9.98. The molecule has 0 spiro atoms. The van der Waals surface area contributed by atoms with Crippen molar-refractivity contribution in [3.8, 4) is 0 Å². The van der Waals surface area contributed by atoms with Gasteiger partial charge in [-0.15, -0.1) is 11.3 Å². The fraction of sp³-hybridized carbons (Fsp3) is 0.0800. The maximum atomic E-state index is 5.28. The van der Waals surface area contributed by atoms with Crippen LogP contribution in [-0.4, -0.2) is 5.71 Å². The normalized spacial score (nSPS) is 12.7. The van der Waals surface area contributed by atoms with Crippen molar-refractivity contribution in [3.63, 3.8) is 0 Å². The van der Waals surface area contributed by atoms with Gasteiger partial charge in [-0.1, -0.05) is 97.1 Å². The predicted molar refractivity (Wildman–Crippen MR) is 116 cm³/mol. The molecular weight excluding hydrogens is 346 g/mol. The molecule has 0 radical (unpaired) electrons. The van der Waals surface area contributed by atoms with Crippen molar-refractivity contribution in [2.75, 3.05) is 0 Å². The van der Waals surface area contributed by atoms with E-state index in [9.17, 15) is 0 Å². The minimum atomic E-state index is 0.0749. The van der Waals surface area contributed by atoms with Gasteiger partial charge in [-0.3, -0.25) is 4.99 Å². The van der Waals surface area contributed by atoms with E-state index in [0.29, 0.717) is 0 Å². The first-order valence-corrected chi connectivity index (χ1v) is 10.0. The maximum Gasteiger partial charge on any atom is 0.0826 e. The topological polar surface area (TPSA) is 12.4 Å². The molecular formula is C25H21NS. The zero-order valence-electron chi connectivity index (χ0n) is 15.0. The van der Waals surface area contributed by atoms with Gasteiger partial charge in [-0.25, -0.2) is 0 Å². The molecule has 0 aliphatic carbocycles. The van der Waals surface area contributed by atoms with Crippen LogP contribution in [0.5, 0.6) is 0 Å². The molecule has 0 fully saturated rings. The minimum absolute atomic E-state index is 0.0749. The highest BCUT2D eigenvalue weighted by Gasteiger charge is 2.15. The van der Waals surface area contributed by atoms with E-state index in [-0.39, 0.29) is 6.04 Å². The Morgan fingerprint density at radius 3 is 1.96 bits per heavy atom. The molecule has 0 aliphatic heterocycles. The van der Waals surface area contributed by atoms with Crippen LogP contribution in [0.4, 0.5) is 0 Å². The summed E-state index contributed by atoms with van der Waals surface area (Å²) in [5, 5.41) is 2.11. The van der Waals surface area contributed by atoms with Crippen LogP contribution in [-0.2, 0) is 6.42 Å². The average Bonchev–Trinajstić information content (AvgIpc) is 3.28. The van der Waals surface area contributed by atoms with Gasteiger partial charge in [0.05, 0.1) is 16.6 Å². The van der Waals surface area contributed by atoms with Gasteiger partial charge in [-0.05, 0) is 29.0 Å². The lowest BCUT2D eigenvalue weighted by molar-refractivity contribution is 0.725. The standard InChI is InChI=1S/C25H21NS/c1-4-11-20(12-5-1)19-23(21-13-6-2-7-14-21)26-25(24-17-10-18-27-24)22-15-8-3-9-16-22/h1-18,23H,19H2. The van der Waals surface area contributed by atoms with Crippen LogP contribution < -0.4 is 0 Å². The number of thiophene rings is 1. The quantitative estimate of drug-likeness (QED) is 0.342.